The number of carbonyl (C=O) groups is 2. The van der Waals surface area contributed by atoms with Gasteiger partial charge in [0.25, 0.3) is 5.91 Å². The van der Waals surface area contributed by atoms with Crippen LogP contribution in [0.3, 0.4) is 0 Å². The average Bonchev–Trinajstić information content (AvgIpc) is 2.77. The molecule has 1 N–H and O–H groups in total. The number of pyridine rings is 1. The zero-order chi connectivity index (χ0) is 17.3. The van der Waals surface area contributed by atoms with Crippen molar-refractivity contribution in [3.63, 3.8) is 0 Å². The first-order valence-electron chi connectivity index (χ1n) is 7.72. The van der Waals surface area contributed by atoms with E-state index in [0.29, 0.717) is 16.8 Å². The summed E-state index contributed by atoms with van der Waals surface area (Å²) >= 11 is 0. The molecule has 6 nitrogen and oxygen atoms in total. The number of ether oxygens (including phenoxy) is 1. The van der Waals surface area contributed by atoms with Gasteiger partial charge in [-0.25, -0.2) is 9.78 Å². The van der Waals surface area contributed by atoms with Gasteiger partial charge in [-0.1, -0.05) is 24.3 Å². The molecule has 1 atom stereocenters. The summed E-state index contributed by atoms with van der Waals surface area (Å²) in [6.07, 6.45) is 0. The molecule has 6 heteroatoms. The van der Waals surface area contributed by atoms with E-state index in [4.69, 9.17) is 4.74 Å². The standard InChI is InChI=1S/C18H18N2O4/c1-3-24-17(22)15-10-6-7-12(19-15)11-20-16(21)13-8-4-5-9-14(13)18(20,2)23/h4-10,23H,3,11H2,1-2H3. The van der Waals surface area contributed by atoms with Crippen molar-refractivity contribution in [3.8, 4) is 0 Å². The molecule has 0 saturated heterocycles. The number of fused-ring (bicyclic) bond motifs is 1. The smallest absolute Gasteiger partial charge is 0.356 e. The van der Waals surface area contributed by atoms with Crippen molar-refractivity contribution in [2.45, 2.75) is 26.1 Å². The number of hydrogen-bond acceptors (Lipinski definition) is 5. The van der Waals surface area contributed by atoms with Crippen LogP contribution in [0, 0.1) is 0 Å². The first kappa shape index (κ1) is 16.1. The van der Waals surface area contributed by atoms with E-state index in [9.17, 15) is 14.7 Å². The quantitative estimate of drug-likeness (QED) is 0.870. The third-order valence-electron chi connectivity index (χ3n) is 4.05. The number of amides is 1. The summed E-state index contributed by atoms with van der Waals surface area (Å²) in [4.78, 5) is 30.0. The summed E-state index contributed by atoms with van der Waals surface area (Å²) in [5, 5.41) is 10.8. The van der Waals surface area contributed by atoms with E-state index in [-0.39, 0.29) is 24.8 Å². The molecule has 124 valence electrons. The second-order valence-electron chi connectivity index (χ2n) is 5.69. The van der Waals surface area contributed by atoms with Gasteiger partial charge in [0.15, 0.2) is 5.72 Å². The molecule has 2 aromatic rings. The number of aliphatic hydroxyl groups is 1. The Kier molecular flexibility index (Phi) is 4.07. The molecule has 1 aromatic carbocycles. The minimum absolute atomic E-state index is 0.0910. The molecule has 1 unspecified atom stereocenters. The summed E-state index contributed by atoms with van der Waals surface area (Å²) < 4.78 is 4.93. The molecule has 0 saturated carbocycles. The number of carbonyl (C=O) groups excluding carboxylic acids is 2. The van der Waals surface area contributed by atoms with E-state index in [0.717, 1.165) is 0 Å². The number of esters is 1. The fourth-order valence-electron chi connectivity index (χ4n) is 2.85. The Hall–Kier alpha value is -2.73. The number of rotatable bonds is 4. The molecule has 1 aromatic heterocycles. The van der Waals surface area contributed by atoms with Crippen LogP contribution >= 0.6 is 0 Å². The summed E-state index contributed by atoms with van der Waals surface area (Å²) in [5.41, 5.74) is 0.302. The highest BCUT2D eigenvalue weighted by Crippen LogP contribution is 2.37. The lowest BCUT2D eigenvalue weighted by Gasteiger charge is -2.30. The van der Waals surface area contributed by atoms with Gasteiger partial charge in [-0.3, -0.25) is 4.79 Å². The van der Waals surface area contributed by atoms with E-state index in [2.05, 4.69) is 4.98 Å². The molecule has 1 amide bonds. The highest BCUT2D eigenvalue weighted by Gasteiger charge is 2.44. The number of benzene rings is 1. The van der Waals surface area contributed by atoms with Crippen molar-refractivity contribution in [1.29, 1.82) is 0 Å². The van der Waals surface area contributed by atoms with Crippen molar-refractivity contribution in [3.05, 3.63) is 65.0 Å². The molecule has 0 spiro atoms. The molecule has 24 heavy (non-hydrogen) atoms. The van der Waals surface area contributed by atoms with Crippen LogP contribution in [0.4, 0.5) is 0 Å². The van der Waals surface area contributed by atoms with Crippen molar-refractivity contribution >= 4 is 11.9 Å². The number of hydrogen-bond donors (Lipinski definition) is 1. The minimum Gasteiger partial charge on any atom is -0.461 e. The Morgan fingerprint density at radius 1 is 1.25 bits per heavy atom. The normalized spacial score (nSPS) is 19.3. The predicted molar refractivity (Wildman–Crippen MR) is 86.1 cm³/mol. The van der Waals surface area contributed by atoms with Gasteiger partial charge in [0.05, 0.1) is 18.8 Å². The fourth-order valence-corrected chi connectivity index (χ4v) is 2.85. The fraction of sp³-hybridized carbons (Fsp3) is 0.278. The van der Waals surface area contributed by atoms with E-state index >= 15 is 0 Å². The lowest BCUT2D eigenvalue weighted by molar-refractivity contribution is -0.0732. The summed E-state index contributed by atoms with van der Waals surface area (Å²) in [6, 6.07) is 11.9. The van der Waals surface area contributed by atoms with Crippen LogP contribution in [-0.2, 0) is 17.0 Å². The van der Waals surface area contributed by atoms with Crippen LogP contribution in [0.25, 0.3) is 0 Å². The van der Waals surface area contributed by atoms with Crippen molar-refractivity contribution in [2.75, 3.05) is 6.61 Å². The van der Waals surface area contributed by atoms with E-state index in [1.807, 2.05) is 0 Å². The van der Waals surface area contributed by atoms with Gasteiger partial charge < -0.3 is 14.7 Å². The molecule has 2 heterocycles. The third-order valence-corrected chi connectivity index (χ3v) is 4.05. The van der Waals surface area contributed by atoms with Crippen molar-refractivity contribution < 1.29 is 19.4 Å². The molecule has 1 aliphatic heterocycles. The van der Waals surface area contributed by atoms with Crippen LogP contribution in [-0.4, -0.2) is 33.5 Å². The van der Waals surface area contributed by atoms with Gasteiger partial charge in [-0.05, 0) is 32.0 Å². The molecular weight excluding hydrogens is 308 g/mol. The maximum Gasteiger partial charge on any atom is 0.356 e. The van der Waals surface area contributed by atoms with Crippen LogP contribution in [0.2, 0.25) is 0 Å². The molecule has 0 aliphatic carbocycles. The Morgan fingerprint density at radius 3 is 2.71 bits per heavy atom. The predicted octanol–water partition coefficient (Wildman–Crippen LogP) is 2.08. The summed E-state index contributed by atoms with van der Waals surface area (Å²) in [6.45, 7) is 3.65. The molecular formula is C18H18N2O4. The van der Waals surface area contributed by atoms with E-state index < -0.39 is 11.7 Å². The summed E-state index contributed by atoms with van der Waals surface area (Å²) in [5.74, 6) is -0.777. The topological polar surface area (TPSA) is 79.7 Å². The van der Waals surface area contributed by atoms with Gasteiger partial charge in [0.1, 0.15) is 5.69 Å². The SMILES string of the molecule is CCOC(=O)c1cccc(CN2C(=O)c3ccccc3C2(C)O)n1. The molecule has 0 radical (unpaired) electrons. The van der Waals surface area contributed by atoms with E-state index in [1.54, 1.807) is 56.3 Å². The second kappa shape index (κ2) is 6.05. The zero-order valence-corrected chi connectivity index (χ0v) is 13.5. The Balaban J connectivity index is 1.89. The van der Waals surface area contributed by atoms with Gasteiger partial charge >= 0.3 is 5.97 Å². The zero-order valence-electron chi connectivity index (χ0n) is 13.5. The number of nitrogens with zero attached hydrogens (tertiary/aromatic N) is 2. The van der Waals surface area contributed by atoms with Crippen LogP contribution < -0.4 is 0 Å². The first-order chi connectivity index (χ1) is 11.4. The van der Waals surface area contributed by atoms with Gasteiger partial charge in [-0.2, -0.15) is 0 Å². The average molecular weight is 326 g/mol. The Bertz CT molecular complexity index is 801. The van der Waals surface area contributed by atoms with Gasteiger partial charge in [0.2, 0.25) is 0 Å². The Labute approximate surface area is 139 Å². The van der Waals surface area contributed by atoms with Gasteiger partial charge in [-0.15, -0.1) is 0 Å². The highest BCUT2D eigenvalue weighted by atomic mass is 16.5. The first-order valence-corrected chi connectivity index (χ1v) is 7.72. The monoisotopic (exact) mass is 326 g/mol. The molecule has 1 aliphatic rings. The van der Waals surface area contributed by atoms with Crippen LogP contribution in [0.5, 0.6) is 0 Å². The highest BCUT2D eigenvalue weighted by molar-refractivity contribution is 5.99. The summed E-state index contributed by atoms with van der Waals surface area (Å²) in [7, 11) is 0. The van der Waals surface area contributed by atoms with Crippen LogP contribution in [0.1, 0.15) is 46.0 Å². The molecule has 0 bridgehead atoms. The minimum atomic E-state index is -1.42. The molecule has 3 rings (SSSR count). The Morgan fingerprint density at radius 2 is 2.00 bits per heavy atom. The second-order valence-corrected chi connectivity index (χ2v) is 5.69. The molecule has 0 fully saturated rings. The van der Waals surface area contributed by atoms with Crippen molar-refractivity contribution in [1.82, 2.24) is 9.88 Å². The van der Waals surface area contributed by atoms with Gasteiger partial charge in [0, 0.05) is 11.1 Å². The maximum absolute atomic E-state index is 12.6. The maximum atomic E-state index is 12.6. The lowest BCUT2D eigenvalue weighted by atomic mass is 10.0. The van der Waals surface area contributed by atoms with Crippen LogP contribution in [0.15, 0.2) is 42.5 Å². The number of aromatic nitrogens is 1. The van der Waals surface area contributed by atoms with E-state index in [1.165, 1.54) is 4.90 Å². The third kappa shape index (κ3) is 2.65. The largest absolute Gasteiger partial charge is 0.461 e. The lowest BCUT2D eigenvalue weighted by Crippen LogP contribution is -2.41. The van der Waals surface area contributed by atoms with Crippen molar-refractivity contribution in [2.24, 2.45) is 0 Å².